The average Bonchev–Trinajstić information content (AvgIpc) is 3.07. The number of hydrogen-bond donors (Lipinski definition) is 0. The van der Waals surface area contributed by atoms with Crippen molar-refractivity contribution in [3.63, 3.8) is 0 Å². The molecular weight excluding hydrogens is 222 g/mol. The summed E-state index contributed by atoms with van der Waals surface area (Å²) >= 11 is 0. The molecule has 0 aliphatic carbocycles. The number of rotatable bonds is 8. The Morgan fingerprint density at radius 3 is 1.71 bits per heavy atom. The van der Waals surface area contributed by atoms with E-state index in [1.807, 2.05) is 0 Å². The van der Waals surface area contributed by atoms with E-state index in [1.165, 1.54) is 0 Å². The molecule has 0 radical (unpaired) electrons. The highest BCUT2D eigenvalue weighted by Gasteiger charge is 2.45. The van der Waals surface area contributed by atoms with Crippen LogP contribution in [0.1, 0.15) is 19.3 Å². The molecule has 94 valence electrons. The summed E-state index contributed by atoms with van der Waals surface area (Å²) in [7, 11) is 0. The first-order valence-electron chi connectivity index (χ1n) is 6.18. The second-order valence-corrected chi connectivity index (χ2v) is 5.39. The normalized spacial score (nSPS) is 36.8. The van der Waals surface area contributed by atoms with E-state index in [0.717, 1.165) is 39.1 Å². The third-order valence-corrected chi connectivity index (χ3v) is 3.67. The Bertz CT molecular complexity index is 291. The number of nitrogens with zero attached hydrogens (tertiary/aromatic N) is 1. The van der Waals surface area contributed by atoms with E-state index in [1.54, 1.807) is 6.08 Å². The molecule has 3 fully saturated rings. The van der Waals surface area contributed by atoms with Crippen molar-refractivity contribution in [2.45, 2.75) is 37.6 Å². The monoisotopic (exact) mass is 239 g/mol. The summed E-state index contributed by atoms with van der Waals surface area (Å²) in [4.78, 5) is 14.2. The molecule has 3 heterocycles. The smallest absolute Gasteiger partial charge is 0.234 e. The quantitative estimate of drug-likeness (QED) is 0.355. The molecule has 3 atom stereocenters. The molecule has 3 aliphatic rings. The lowest BCUT2D eigenvalue weighted by molar-refractivity contribution is 0.163. The van der Waals surface area contributed by atoms with Crippen molar-refractivity contribution in [3.8, 4) is 0 Å². The van der Waals surface area contributed by atoms with Gasteiger partial charge in [0.15, 0.2) is 0 Å². The third kappa shape index (κ3) is 3.36. The summed E-state index contributed by atoms with van der Waals surface area (Å²) < 4.78 is 16.0. The van der Waals surface area contributed by atoms with Crippen molar-refractivity contribution in [1.82, 2.24) is 0 Å². The SMILES string of the molecule is O=C=NCC(CC1CO1)(CC1CO1)CC1CO1. The third-order valence-electron chi connectivity index (χ3n) is 3.67. The number of carbonyl (C=O) groups excluding carboxylic acids is 1. The van der Waals surface area contributed by atoms with Gasteiger partial charge in [-0.05, 0) is 24.7 Å². The second-order valence-electron chi connectivity index (χ2n) is 5.39. The van der Waals surface area contributed by atoms with Gasteiger partial charge in [0.2, 0.25) is 6.08 Å². The van der Waals surface area contributed by atoms with Crippen molar-refractivity contribution in [3.05, 3.63) is 0 Å². The van der Waals surface area contributed by atoms with Crippen molar-refractivity contribution >= 4 is 6.08 Å². The Hall–Kier alpha value is -0.740. The lowest BCUT2D eigenvalue weighted by Gasteiger charge is -2.30. The predicted molar refractivity (Wildman–Crippen MR) is 58.5 cm³/mol. The van der Waals surface area contributed by atoms with Gasteiger partial charge < -0.3 is 14.2 Å². The number of isocyanates is 1. The number of hydrogen-bond acceptors (Lipinski definition) is 5. The fraction of sp³-hybridized carbons (Fsp3) is 0.917. The lowest BCUT2D eigenvalue weighted by Crippen LogP contribution is -2.30. The summed E-state index contributed by atoms with van der Waals surface area (Å²) in [6, 6.07) is 0. The zero-order chi connectivity index (χ0) is 11.7. The van der Waals surface area contributed by atoms with Crippen LogP contribution in [-0.4, -0.2) is 50.8 Å². The van der Waals surface area contributed by atoms with Crippen LogP contribution in [0, 0.1) is 5.41 Å². The van der Waals surface area contributed by atoms with Crippen LogP contribution in [0.4, 0.5) is 0 Å². The van der Waals surface area contributed by atoms with E-state index in [2.05, 4.69) is 4.99 Å². The molecule has 3 aliphatic heterocycles. The van der Waals surface area contributed by atoms with Crippen molar-refractivity contribution < 1.29 is 19.0 Å². The van der Waals surface area contributed by atoms with Crippen LogP contribution in [0.2, 0.25) is 0 Å². The van der Waals surface area contributed by atoms with Crippen LogP contribution in [0.3, 0.4) is 0 Å². The van der Waals surface area contributed by atoms with Gasteiger partial charge >= 0.3 is 0 Å². The minimum Gasteiger partial charge on any atom is -0.373 e. The molecule has 5 nitrogen and oxygen atoms in total. The zero-order valence-electron chi connectivity index (χ0n) is 9.76. The molecule has 5 heteroatoms. The number of epoxide rings is 3. The molecule has 17 heavy (non-hydrogen) atoms. The molecule has 0 bridgehead atoms. The fourth-order valence-electron chi connectivity index (χ4n) is 2.65. The van der Waals surface area contributed by atoms with Gasteiger partial charge in [-0.1, -0.05) is 0 Å². The maximum atomic E-state index is 10.4. The summed E-state index contributed by atoms with van der Waals surface area (Å²) in [6.45, 7) is 3.03. The van der Waals surface area contributed by atoms with Crippen molar-refractivity contribution in [2.24, 2.45) is 10.4 Å². The van der Waals surface area contributed by atoms with Gasteiger partial charge in [0.05, 0.1) is 44.7 Å². The van der Waals surface area contributed by atoms with Gasteiger partial charge in [0.1, 0.15) is 0 Å². The maximum Gasteiger partial charge on any atom is 0.234 e. The predicted octanol–water partition coefficient (Wildman–Crippen LogP) is 0.675. The molecule has 0 saturated carbocycles. The number of aliphatic imine (C=N–C) groups is 1. The fourth-order valence-corrected chi connectivity index (χ4v) is 2.65. The Balaban J connectivity index is 1.68. The van der Waals surface area contributed by atoms with Gasteiger partial charge in [0.25, 0.3) is 0 Å². The van der Waals surface area contributed by atoms with Crippen molar-refractivity contribution in [2.75, 3.05) is 26.4 Å². The summed E-state index contributed by atoms with van der Waals surface area (Å²) in [5.41, 5.74) is 0.000903. The molecule has 3 rings (SSSR count). The standard InChI is InChI=1S/C12H17NO4/c14-8-13-7-12(1-9-4-15-9,2-10-5-16-10)3-11-6-17-11/h9-11H,1-7H2. The van der Waals surface area contributed by atoms with Crippen LogP contribution >= 0.6 is 0 Å². The minimum absolute atomic E-state index is 0.000903. The molecular formula is C12H17NO4. The molecule has 0 aromatic carbocycles. The van der Waals surface area contributed by atoms with Crippen LogP contribution < -0.4 is 0 Å². The summed E-state index contributed by atoms with van der Waals surface area (Å²) in [5.74, 6) is 0. The Labute approximate surface area is 100 Å². The van der Waals surface area contributed by atoms with Gasteiger partial charge in [-0.2, -0.15) is 0 Å². The first-order chi connectivity index (χ1) is 8.30. The second kappa shape index (κ2) is 4.50. The van der Waals surface area contributed by atoms with Crippen molar-refractivity contribution in [1.29, 1.82) is 0 Å². The molecule has 0 amide bonds. The summed E-state index contributed by atoms with van der Waals surface area (Å²) in [5, 5.41) is 0. The highest BCUT2D eigenvalue weighted by atomic mass is 16.6. The first-order valence-corrected chi connectivity index (χ1v) is 6.18. The highest BCUT2D eigenvalue weighted by molar-refractivity contribution is 5.33. The van der Waals surface area contributed by atoms with E-state index in [-0.39, 0.29) is 5.41 Å². The van der Waals surface area contributed by atoms with Gasteiger partial charge in [0, 0.05) is 0 Å². The molecule has 3 unspecified atom stereocenters. The van der Waals surface area contributed by atoms with Gasteiger partial charge in [-0.25, -0.2) is 9.79 Å². The average molecular weight is 239 g/mol. The Morgan fingerprint density at radius 2 is 1.41 bits per heavy atom. The topological polar surface area (TPSA) is 67.0 Å². The zero-order valence-corrected chi connectivity index (χ0v) is 9.76. The van der Waals surface area contributed by atoms with Crippen LogP contribution in [0.15, 0.2) is 4.99 Å². The molecule has 0 N–H and O–H groups in total. The Kier molecular flexibility index (Phi) is 3.01. The maximum absolute atomic E-state index is 10.4. The van der Waals surface area contributed by atoms with E-state index in [4.69, 9.17) is 14.2 Å². The van der Waals surface area contributed by atoms with Crippen LogP contribution in [-0.2, 0) is 19.0 Å². The highest BCUT2D eigenvalue weighted by Crippen LogP contribution is 2.43. The minimum atomic E-state index is 0.000903. The molecule has 0 spiro atoms. The van der Waals surface area contributed by atoms with Gasteiger partial charge in [-0.3, -0.25) is 0 Å². The lowest BCUT2D eigenvalue weighted by atomic mass is 9.75. The first kappa shape index (κ1) is 11.4. The van der Waals surface area contributed by atoms with Crippen LogP contribution in [0.25, 0.3) is 0 Å². The summed E-state index contributed by atoms with van der Waals surface area (Å²) in [6.07, 6.45) is 5.55. The van der Waals surface area contributed by atoms with Gasteiger partial charge in [-0.15, -0.1) is 0 Å². The van der Waals surface area contributed by atoms with E-state index in [0.29, 0.717) is 24.9 Å². The van der Waals surface area contributed by atoms with Crippen LogP contribution in [0.5, 0.6) is 0 Å². The van der Waals surface area contributed by atoms with E-state index >= 15 is 0 Å². The van der Waals surface area contributed by atoms with E-state index in [9.17, 15) is 4.79 Å². The largest absolute Gasteiger partial charge is 0.373 e. The molecule has 0 aromatic rings. The Morgan fingerprint density at radius 1 is 1.00 bits per heavy atom. The molecule has 3 saturated heterocycles. The van der Waals surface area contributed by atoms with E-state index < -0.39 is 0 Å². The molecule has 0 aromatic heterocycles. The number of ether oxygens (including phenoxy) is 3.